The molecule has 1 aromatic carbocycles. The molecule has 0 spiro atoms. The molecule has 0 amide bonds. The number of epoxide rings is 1. The highest BCUT2D eigenvalue weighted by atomic mass is 32.2. The highest BCUT2D eigenvalue weighted by molar-refractivity contribution is 7.91. The number of hydrogen-bond donors (Lipinski definition) is 0. The van der Waals surface area contributed by atoms with E-state index in [1.54, 1.807) is 19.1 Å². The molecule has 1 saturated heterocycles. The van der Waals surface area contributed by atoms with E-state index < -0.39 is 9.84 Å². The van der Waals surface area contributed by atoms with Crippen LogP contribution in [0.2, 0.25) is 0 Å². The summed E-state index contributed by atoms with van der Waals surface area (Å²) in [5.74, 6) is 0.142. The van der Waals surface area contributed by atoms with E-state index in [9.17, 15) is 8.42 Å². The highest BCUT2D eigenvalue weighted by Gasteiger charge is 2.35. The molecule has 2 rings (SSSR count). The molecule has 1 aliphatic rings. The van der Waals surface area contributed by atoms with Gasteiger partial charge < -0.3 is 4.74 Å². The summed E-state index contributed by atoms with van der Waals surface area (Å²) in [5, 5.41) is 0. The van der Waals surface area contributed by atoms with Crippen LogP contribution < -0.4 is 0 Å². The molecule has 1 heterocycles. The van der Waals surface area contributed by atoms with Crippen LogP contribution in [0.25, 0.3) is 0 Å². The second-order valence-corrected chi connectivity index (χ2v) is 6.01. The van der Waals surface area contributed by atoms with Gasteiger partial charge in [0, 0.05) is 0 Å². The first-order chi connectivity index (χ1) is 7.04. The Morgan fingerprint density at radius 2 is 1.80 bits per heavy atom. The van der Waals surface area contributed by atoms with Gasteiger partial charge >= 0.3 is 0 Å². The van der Waals surface area contributed by atoms with Crippen LogP contribution in [-0.4, -0.2) is 20.3 Å². The van der Waals surface area contributed by atoms with Crippen molar-refractivity contribution < 1.29 is 13.2 Å². The lowest BCUT2D eigenvalue weighted by atomic mass is 10.1. The fraction of sp³-hybridized carbons (Fsp3) is 0.455. The summed E-state index contributed by atoms with van der Waals surface area (Å²) in [4.78, 5) is 0.391. The lowest BCUT2D eigenvalue weighted by Gasteiger charge is -2.01. The molecular formula is C11H14O3S. The normalized spacial score (nSPS) is 25.2. The molecule has 0 N–H and O–H groups in total. The first kappa shape index (κ1) is 10.6. The topological polar surface area (TPSA) is 46.7 Å². The second-order valence-electron chi connectivity index (χ2n) is 3.73. The van der Waals surface area contributed by atoms with Crippen LogP contribution in [0, 0.1) is 0 Å². The van der Waals surface area contributed by atoms with Crippen LogP contribution in [-0.2, 0) is 14.6 Å². The first-order valence-corrected chi connectivity index (χ1v) is 6.68. The van der Waals surface area contributed by atoms with Crippen molar-refractivity contribution in [3.8, 4) is 0 Å². The second kappa shape index (κ2) is 3.61. The summed E-state index contributed by atoms with van der Waals surface area (Å²) in [7, 11) is -3.07. The fourth-order valence-electron chi connectivity index (χ4n) is 1.57. The van der Waals surface area contributed by atoms with Crippen LogP contribution in [0.1, 0.15) is 25.5 Å². The van der Waals surface area contributed by atoms with Crippen molar-refractivity contribution in [2.75, 3.05) is 5.75 Å². The average molecular weight is 226 g/mol. The van der Waals surface area contributed by atoms with E-state index in [4.69, 9.17) is 4.74 Å². The zero-order valence-corrected chi connectivity index (χ0v) is 9.62. The van der Waals surface area contributed by atoms with E-state index in [0.29, 0.717) is 4.90 Å². The third kappa shape index (κ3) is 2.06. The molecule has 82 valence electrons. The minimum atomic E-state index is -3.07. The summed E-state index contributed by atoms with van der Waals surface area (Å²) in [6.07, 6.45) is 0.419. The van der Waals surface area contributed by atoms with Gasteiger partial charge in [0.25, 0.3) is 0 Å². The van der Waals surface area contributed by atoms with Gasteiger partial charge in [0.2, 0.25) is 0 Å². The minimum Gasteiger partial charge on any atom is -0.365 e. The van der Waals surface area contributed by atoms with Gasteiger partial charge in [-0.25, -0.2) is 8.42 Å². The Bertz CT molecular complexity index is 447. The highest BCUT2D eigenvalue weighted by Crippen LogP contribution is 2.38. The van der Waals surface area contributed by atoms with E-state index in [0.717, 1.165) is 5.56 Å². The summed E-state index contributed by atoms with van der Waals surface area (Å²) >= 11 is 0. The van der Waals surface area contributed by atoms with E-state index in [1.165, 1.54) is 0 Å². The molecule has 1 aromatic rings. The molecule has 0 radical (unpaired) electrons. The molecule has 2 atom stereocenters. The molecule has 4 heteroatoms. The Morgan fingerprint density at radius 3 is 2.20 bits per heavy atom. The third-order valence-corrected chi connectivity index (χ3v) is 4.41. The number of hydrogen-bond acceptors (Lipinski definition) is 3. The molecule has 0 bridgehead atoms. The van der Waals surface area contributed by atoms with Gasteiger partial charge in [0.15, 0.2) is 9.84 Å². The summed E-state index contributed by atoms with van der Waals surface area (Å²) < 4.78 is 28.4. The molecule has 0 saturated carbocycles. The third-order valence-electron chi connectivity index (χ3n) is 2.66. The van der Waals surface area contributed by atoms with Crippen LogP contribution in [0.3, 0.4) is 0 Å². The Labute approximate surface area is 90.0 Å². The predicted octanol–water partition coefficient (Wildman–Crippen LogP) is 1.94. The van der Waals surface area contributed by atoms with Gasteiger partial charge in [0.1, 0.15) is 6.10 Å². The summed E-state index contributed by atoms with van der Waals surface area (Å²) in [6, 6.07) is 6.97. The van der Waals surface area contributed by atoms with Gasteiger partial charge in [-0.3, -0.25) is 0 Å². The Morgan fingerprint density at radius 1 is 1.27 bits per heavy atom. The Kier molecular flexibility index (Phi) is 2.56. The van der Waals surface area contributed by atoms with Crippen LogP contribution in [0.15, 0.2) is 29.2 Å². The number of ether oxygens (including phenoxy) is 1. The van der Waals surface area contributed by atoms with Crippen LogP contribution >= 0.6 is 0 Å². The Hall–Kier alpha value is -0.870. The zero-order chi connectivity index (χ0) is 11.1. The van der Waals surface area contributed by atoms with Crippen LogP contribution in [0.4, 0.5) is 0 Å². The van der Waals surface area contributed by atoms with Gasteiger partial charge in [-0.05, 0) is 24.6 Å². The molecule has 0 aliphatic carbocycles. The lowest BCUT2D eigenvalue weighted by Crippen LogP contribution is -2.03. The van der Waals surface area contributed by atoms with E-state index >= 15 is 0 Å². The van der Waals surface area contributed by atoms with Crippen molar-refractivity contribution in [2.24, 2.45) is 0 Å². The van der Waals surface area contributed by atoms with E-state index in [2.05, 4.69) is 0 Å². The minimum absolute atomic E-state index is 0.142. The van der Waals surface area contributed by atoms with E-state index in [1.807, 2.05) is 19.1 Å². The smallest absolute Gasteiger partial charge is 0.178 e. The van der Waals surface area contributed by atoms with Crippen LogP contribution in [0.5, 0.6) is 0 Å². The van der Waals surface area contributed by atoms with E-state index in [-0.39, 0.29) is 18.0 Å². The molecule has 15 heavy (non-hydrogen) atoms. The monoisotopic (exact) mass is 226 g/mol. The maximum absolute atomic E-state index is 11.5. The Balaban J connectivity index is 2.25. The van der Waals surface area contributed by atoms with Crippen molar-refractivity contribution >= 4 is 9.84 Å². The van der Waals surface area contributed by atoms with Crippen molar-refractivity contribution in [1.82, 2.24) is 0 Å². The molecule has 1 fully saturated rings. The zero-order valence-electron chi connectivity index (χ0n) is 8.80. The maximum atomic E-state index is 11.5. The van der Waals surface area contributed by atoms with Crippen molar-refractivity contribution in [3.63, 3.8) is 0 Å². The molecule has 2 unspecified atom stereocenters. The first-order valence-electron chi connectivity index (χ1n) is 5.03. The largest absolute Gasteiger partial charge is 0.365 e. The van der Waals surface area contributed by atoms with Gasteiger partial charge in [-0.15, -0.1) is 0 Å². The molecular weight excluding hydrogens is 212 g/mol. The summed E-state index contributed by atoms with van der Waals surface area (Å²) in [5.41, 5.74) is 1.05. The quantitative estimate of drug-likeness (QED) is 0.740. The fourth-order valence-corrected chi connectivity index (χ4v) is 2.45. The molecule has 0 aromatic heterocycles. The standard InChI is InChI=1S/C11H14O3S/c1-3-15(12,13)10-6-4-9(5-7-10)11-8(2)14-11/h4-8,11H,3H2,1-2H3. The lowest BCUT2D eigenvalue weighted by molar-refractivity contribution is 0.383. The number of benzene rings is 1. The number of rotatable bonds is 3. The SMILES string of the molecule is CCS(=O)(=O)c1ccc(C2OC2C)cc1. The molecule has 3 nitrogen and oxygen atoms in total. The van der Waals surface area contributed by atoms with Gasteiger partial charge in [0.05, 0.1) is 16.8 Å². The van der Waals surface area contributed by atoms with Crippen molar-refractivity contribution in [3.05, 3.63) is 29.8 Å². The maximum Gasteiger partial charge on any atom is 0.178 e. The van der Waals surface area contributed by atoms with Gasteiger partial charge in [-0.1, -0.05) is 19.1 Å². The number of sulfone groups is 1. The van der Waals surface area contributed by atoms with Crippen molar-refractivity contribution in [2.45, 2.75) is 31.0 Å². The predicted molar refractivity (Wildman–Crippen MR) is 57.5 cm³/mol. The average Bonchev–Trinajstić information content (AvgIpc) is 2.96. The summed E-state index contributed by atoms with van der Waals surface area (Å²) in [6.45, 7) is 3.65. The van der Waals surface area contributed by atoms with Gasteiger partial charge in [-0.2, -0.15) is 0 Å². The van der Waals surface area contributed by atoms with Crippen molar-refractivity contribution in [1.29, 1.82) is 0 Å². The molecule has 1 aliphatic heterocycles.